The van der Waals surface area contributed by atoms with E-state index < -0.39 is 0 Å². The van der Waals surface area contributed by atoms with Crippen molar-refractivity contribution in [1.29, 1.82) is 0 Å². The van der Waals surface area contributed by atoms with Gasteiger partial charge in [0.2, 0.25) is 0 Å². The van der Waals surface area contributed by atoms with E-state index in [0.29, 0.717) is 13.1 Å². The Balaban J connectivity index is 1.46. The van der Waals surface area contributed by atoms with Gasteiger partial charge in [0.15, 0.2) is 0 Å². The van der Waals surface area contributed by atoms with Gasteiger partial charge in [0.05, 0.1) is 41.3 Å². The molecule has 0 atom stereocenters. The summed E-state index contributed by atoms with van der Waals surface area (Å²) in [6.45, 7) is 1.32. The zero-order valence-corrected chi connectivity index (χ0v) is 19.4. The molecule has 1 aromatic carbocycles. The van der Waals surface area contributed by atoms with Gasteiger partial charge in [-0.05, 0) is 71.8 Å². The van der Waals surface area contributed by atoms with E-state index in [4.69, 9.17) is 14.7 Å². The minimum atomic E-state index is 0.635. The smallest absolute Gasteiger partial charge is 0.118 e. The highest BCUT2D eigenvalue weighted by Gasteiger charge is 2.11. The molecule has 0 amide bonds. The zero-order valence-electron chi connectivity index (χ0n) is 19.4. The zero-order chi connectivity index (χ0) is 23.9. The quantitative estimate of drug-likeness (QED) is 0.327. The van der Waals surface area contributed by atoms with E-state index in [1.807, 2.05) is 78.9 Å². The van der Waals surface area contributed by atoms with Crippen LogP contribution in [0.3, 0.4) is 0 Å². The van der Waals surface area contributed by atoms with Crippen molar-refractivity contribution in [2.24, 2.45) is 0 Å². The maximum Gasteiger partial charge on any atom is 0.118 e. The number of ether oxygens (including phenoxy) is 1. The lowest BCUT2D eigenvalue weighted by atomic mass is 10.0. The lowest BCUT2D eigenvalue weighted by Gasteiger charge is -2.11. The molecule has 0 bridgehead atoms. The van der Waals surface area contributed by atoms with Crippen molar-refractivity contribution in [2.75, 3.05) is 7.11 Å². The van der Waals surface area contributed by atoms with Gasteiger partial charge in [-0.2, -0.15) is 0 Å². The van der Waals surface area contributed by atoms with Gasteiger partial charge in [-0.25, -0.2) is 9.97 Å². The molecule has 0 aliphatic rings. The molecule has 35 heavy (non-hydrogen) atoms. The van der Waals surface area contributed by atoms with Crippen LogP contribution in [0.1, 0.15) is 11.4 Å². The van der Waals surface area contributed by atoms with Gasteiger partial charge in [0.1, 0.15) is 5.75 Å². The predicted octanol–water partition coefficient (Wildman–Crippen LogP) is 5.57. The standard InChI is InChI=1S/C29H25N5O/c1-35-25-13-11-21(12-14-25)22-17-28(26-9-3-5-16-32-26)34-29(18-22)27-10-6-8-24(33-27)20-30-19-23-7-2-4-15-31-23/h2-18,30H,19-20H2,1H3. The Morgan fingerprint density at radius 2 is 1.29 bits per heavy atom. The highest BCUT2D eigenvalue weighted by atomic mass is 16.5. The Kier molecular flexibility index (Phi) is 6.82. The number of hydrogen-bond donors (Lipinski definition) is 1. The fourth-order valence-corrected chi connectivity index (χ4v) is 3.80. The van der Waals surface area contributed by atoms with E-state index in [1.165, 1.54) is 0 Å². The average molecular weight is 460 g/mol. The lowest BCUT2D eigenvalue weighted by Crippen LogP contribution is -2.14. The molecule has 0 aliphatic carbocycles. The van der Waals surface area contributed by atoms with Gasteiger partial charge in [-0.3, -0.25) is 9.97 Å². The number of hydrogen-bond acceptors (Lipinski definition) is 6. The van der Waals surface area contributed by atoms with Crippen molar-refractivity contribution in [3.05, 3.63) is 115 Å². The van der Waals surface area contributed by atoms with Gasteiger partial charge in [0.25, 0.3) is 0 Å². The molecule has 0 radical (unpaired) electrons. The molecule has 4 aromatic heterocycles. The first-order valence-electron chi connectivity index (χ1n) is 11.4. The minimum absolute atomic E-state index is 0.635. The highest BCUT2D eigenvalue weighted by Crippen LogP contribution is 2.30. The summed E-state index contributed by atoms with van der Waals surface area (Å²) in [6.07, 6.45) is 3.58. The highest BCUT2D eigenvalue weighted by molar-refractivity contribution is 5.75. The second-order valence-electron chi connectivity index (χ2n) is 8.01. The van der Waals surface area contributed by atoms with Crippen molar-refractivity contribution in [1.82, 2.24) is 25.3 Å². The van der Waals surface area contributed by atoms with Crippen LogP contribution in [0, 0.1) is 0 Å². The first-order chi connectivity index (χ1) is 17.3. The maximum atomic E-state index is 5.32. The van der Waals surface area contributed by atoms with Crippen LogP contribution in [0.4, 0.5) is 0 Å². The van der Waals surface area contributed by atoms with Crippen molar-refractivity contribution in [3.63, 3.8) is 0 Å². The molecule has 0 fully saturated rings. The Morgan fingerprint density at radius 3 is 2.00 bits per heavy atom. The maximum absolute atomic E-state index is 5.32. The van der Waals surface area contributed by atoms with Crippen LogP contribution in [0.2, 0.25) is 0 Å². The summed E-state index contributed by atoms with van der Waals surface area (Å²) in [5.41, 5.74) is 7.28. The number of benzene rings is 1. The molecule has 4 heterocycles. The van der Waals surface area contributed by atoms with Crippen LogP contribution in [-0.4, -0.2) is 27.0 Å². The second kappa shape index (κ2) is 10.7. The summed E-state index contributed by atoms with van der Waals surface area (Å²) < 4.78 is 5.32. The van der Waals surface area contributed by atoms with Crippen LogP contribution >= 0.6 is 0 Å². The molecule has 0 aliphatic heterocycles. The molecule has 0 spiro atoms. The Bertz CT molecular complexity index is 1390. The first-order valence-corrected chi connectivity index (χ1v) is 11.4. The van der Waals surface area contributed by atoms with Crippen LogP contribution < -0.4 is 10.1 Å². The molecule has 0 saturated carbocycles. The van der Waals surface area contributed by atoms with Crippen LogP contribution in [-0.2, 0) is 13.1 Å². The van der Waals surface area contributed by atoms with Gasteiger partial charge in [0, 0.05) is 25.5 Å². The summed E-state index contributed by atoms with van der Waals surface area (Å²) in [5, 5.41) is 3.41. The second-order valence-corrected chi connectivity index (χ2v) is 8.01. The van der Waals surface area contributed by atoms with E-state index in [9.17, 15) is 0 Å². The monoisotopic (exact) mass is 459 g/mol. The van der Waals surface area contributed by atoms with E-state index in [-0.39, 0.29) is 0 Å². The number of rotatable bonds is 8. The van der Waals surface area contributed by atoms with Crippen molar-refractivity contribution >= 4 is 0 Å². The van der Waals surface area contributed by atoms with Crippen LogP contribution in [0.25, 0.3) is 33.9 Å². The Labute approximate surface area is 204 Å². The summed E-state index contributed by atoms with van der Waals surface area (Å²) >= 11 is 0. The molecule has 172 valence electrons. The third-order valence-electron chi connectivity index (χ3n) is 5.58. The average Bonchev–Trinajstić information content (AvgIpc) is 2.94. The van der Waals surface area contributed by atoms with Gasteiger partial charge in [-0.15, -0.1) is 0 Å². The van der Waals surface area contributed by atoms with Gasteiger partial charge >= 0.3 is 0 Å². The van der Waals surface area contributed by atoms with Crippen molar-refractivity contribution < 1.29 is 4.74 Å². The number of nitrogens with zero attached hydrogens (tertiary/aromatic N) is 4. The Morgan fingerprint density at radius 1 is 0.600 bits per heavy atom. The normalized spacial score (nSPS) is 10.8. The van der Waals surface area contributed by atoms with E-state index in [2.05, 4.69) is 27.4 Å². The van der Waals surface area contributed by atoms with E-state index in [0.717, 1.165) is 51.0 Å². The summed E-state index contributed by atoms with van der Waals surface area (Å²) in [7, 11) is 1.67. The molecule has 5 rings (SSSR count). The Hall–Kier alpha value is -4.42. The molecule has 6 heteroatoms. The molecular formula is C29H25N5O. The largest absolute Gasteiger partial charge is 0.497 e. The third kappa shape index (κ3) is 5.57. The minimum Gasteiger partial charge on any atom is -0.497 e. The molecule has 1 N–H and O–H groups in total. The predicted molar refractivity (Wildman–Crippen MR) is 137 cm³/mol. The molecular weight excluding hydrogens is 434 g/mol. The number of nitrogens with one attached hydrogen (secondary N) is 1. The van der Waals surface area contributed by atoms with Crippen molar-refractivity contribution in [3.8, 4) is 39.7 Å². The summed E-state index contributed by atoms with van der Waals surface area (Å²) in [6, 6.07) is 29.9. The number of pyridine rings is 4. The topological polar surface area (TPSA) is 72.8 Å². The number of methoxy groups -OCH3 is 1. The van der Waals surface area contributed by atoms with Crippen LogP contribution in [0.15, 0.2) is 103 Å². The molecule has 0 unspecified atom stereocenters. The van der Waals surface area contributed by atoms with Crippen LogP contribution in [0.5, 0.6) is 5.75 Å². The van der Waals surface area contributed by atoms with Gasteiger partial charge < -0.3 is 10.1 Å². The number of aromatic nitrogens is 4. The molecule has 6 nitrogen and oxygen atoms in total. The third-order valence-corrected chi connectivity index (χ3v) is 5.58. The SMILES string of the molecule is COc1ccc(-c2cc(-c3ccccn3)nc(-c3cccc(CNCc4ccccn4)n3)c2)cc1. The fraction of sp³-hybridized carbons (Fsp3) is 0.103. The van der Waals surface area contributed by atoms with Gasteiger partial charge in [-0.1, -0.05) is 30.3 Å². The summed E-state index contributed by atoms with van der Waals surface area (Å²) in [5.74, 6) is 0.820. The lowest BCUT2D eigenvalue weighted by molar-refractivity contribution is 0.415. The van der Waals surface area contributed by atoms with Crippen molar-refractivity contribution in [2.45, 2.75) is 13.1 Å². The van der Waals surface area contributed by atoms with E-state index >= 15 is 0 Å². The molecule has 0 saturated heterocycles. The molecule has 5 aromatic rings. The van der Waals surface area contributed by atoms with E-state index in [1.54, 1.807) is 19.5 Å². The fourth-order valence-electron chi connectivity index (χ4n) is 3.80. The first kappa shape index (κ1) is 22.4. The summed E-state index contributed by atoms with van der Waals surface area (Å²) in [4.78, 5) is 18.7.